The van der Waals surface area contributed by atoms with Gasteiger partial charge in [0.25, 0.3) is 5.91 Å². The van der Waals surface area contributed by atoms with Crippen LogP contribution in [0.25, 0.3) is 0 Å². The highest BCUT2D eigenvalue weighted by Gasteiger charge is 2.17. The van der Waals surface area contributed by atoms with Crippen LogP contribution < -0.4 is 9.62 Å². The van der Waals surface area contributed by atoms with Crippen molar-refractivity contribution in [2.75, 3.05) is 43.8 Å². The zero-order valence-corrected chi connectivity index (χ0v) is 17.1. The summed E-state index contributed by atoms with van der Waals surface area (Å²) in [5, 5.41) is 2.96. The van der Waals surface area contributed by atoms with E-state index in [1.165, 1.54) is 24.2 Å². The maximum atomic E-state index is 12.3. The maximum absolute atomic E-state index is 12.3. The Morgan fingerprint density at radius 2 is 2.12 bits per heavy atom. The van der Waals surface area contributed by atoms with Gasteiger partial charge in [0, 0.05) is 25.7 Å². The second kappa shape index (κ2) is 8.86. The number of benzene rings is 1. The van der Waals surface area contributed by atoms with Crippen LogP contribution in [0.1, 0.15) is 42.1 Å². The summed E-state index contributed by atoms with van der Waals surface area (Å²) in [5.74, 6) is 0.651. The van der Waals surface area contributed by atoms with Gasteiger partial charge in [-0.25, -0.2) is 8.42 Å². The van der Waals surface area contributed by atoms with Gasteiger partial charge in [-0.15, -0.1) is 0 Å². The van der Waals surface area contributed by atoms with E-state index < -0.39 is 10.0 Å². The van der Waals surface area contributed by atoms with Crippen molar-refractivity contribution in [3.63, 3.8) is 0 Å². The largest absolute Gasteiger partial charge is 0.352 e. The molecule has 0 saturated carbocycles. The molecule has 1 aromatic rings. The van der Waals surface area contributed by atoms with E-state index in [9.17, 15) is 13.2 Å². The minimum Gasteiger partial charge on any atom is -0.352 e. The van der Waals surface area contributed by atoms with Crippen molar-refractivity contribution in [2.45, 2.75) is 33.1 Å². The third-order valence-electron chi connectivity index (χ3n) is 4.97. The molecule has 0 spiro atoms. The fourth-order valence-corrected chi connectivity index (χ4v) is 3.99. The highest BCUT2D eigenvalue weighted by Crippen LogP contribution is 2.22. The minimum atomic E-state index is -3.32. The van der Waals surface area contributed by atoms with E-state index in [0.29, 0.717) is 17.8 Å². The van der Waals surface area contributed by atoms with E-state index >= 15 is 0 Å². The topological polar surface area (TPSA) is 69.7 Å². The van der Waals surface area contributed by atoms with Gasteiger partial charge in [0.1, 0.15) is 0 Å². The molecule has 1 aliphatic rings. The molecular weight excluding hydrogens is 350 g/mol. The Bertz CT molecular complexity index is 734. The Balaban J connectivity index is 1.85. The average Bonchev–Trinajstić information content (AvgIpc) is 2.57. The van der Waals surface area contributed by atoms with Crippen molar-refractivity contribution in [1.82, 2.24) is 10.2 Å². The van der Waals surface area contributed by atoms with Gasteiger partial charge in [0.05, 0.1) is 11.9 Å². The molecule has 1 saturated heterocycles. The van der Waals surface area contributed by atoms with Crippen LogP contribution in [0.5, 0.6) is 0 Å². The molecule has 1 aliphatic heterocycles. The molecule has 7 heteroatoms. The predicted molar refractivity (Wildman–Crippen MR) is 106 cm³/mol. The lowest BCUT2D eigenvalue weighted by Gasteiger charge is -2.30. The summed E-state index contributed by atoms with van der Waals surface area (Å²) < 4.78 is 24.6. The van der Waals surface area contributed by atoms with Crippen molar-refractivity contribution in [3.8, 4) is 0 Å². The third-order valence-corrected chi connectivity index (χ3v) is 6.17. The molecule has 0 radical (unpaired) electrons. The molecule has 26 heavy (non-hydrogen) atoms. The summed E-state index contributed by atoms with van der Waals surface area (Å²) in [6.45, 7) is 8.08. The van der Waals surface area contributed by atoms with E-state index in [-0.39, 0.29) is 5.91 Å². The number of hydrogen-bond acceptors (Lipinski definition) is 4. The van der Waals surface area contributed by atoms with Gasteiger partial charge < -0.3 is 10.2 Å². The summed E-state index contributed by atoms with van der Waals surface area (Å²) >= 11 is 0. The van der Waals surface area contributed by atoms with Crippen molar-refractivity contribution < 1.29 is 13.2 Å². The second-order valence-corrected chi connectivity index (χ2v) is 9.40. The number of carbonyl (C=O) groups excluding carboxylic acids is 1. The Kier molecular flexibility index (Phi) is 7.06. The Labute approximate surface area is 157 Å². The first-order valence-corrected chi connectivity index (χ1v) is 11.1. The number of rotatable bonds is 7. The van der Waals surface area contributed by atoms with E-state index in [0.717, 1.165) is 43.8 Å². The first kappa shape index (κ1) is 20.7. The smallest absolute Gasteiger partial charge is 0.251 e. The highest BCUT2D eigenvalue weighted by atomic mass is 32.2. The van der Waals surface area contributed by atoms with Gasteiger partial charge in [-0.1, -0.05) is 6.92 Å². The first-order valence-electron chi connectivity index (χ1n) is 9.23. The van der Waals surface area contributed by atoms with Gasteiger partial charge >= 0.3 is 0 Å². The van der Waals surface area contributed by atoms with E-state index in [1.807, 2.05) is 6.92 Å². The van der Waals surface area contributed by atoms with Crippen LogP contribution in [-0.4, -0.2) is 58.7 Å². The molecule has 0 bridgehead atoms. The molecule has 1 heterocycles. The fraction of sp³-hybridized carbons (Fsp3) is 0.632. The molecule has 1 aromatic carbocycles. The summed E-state index contributed by atoms with van der Waals surface area (Å²) in [6, 6.07) is 5.09. The standard InChI is InChI=1S/C19H31N3O3S/c1-15-7-5-11-22(14-15)12-6-10-20-19(23)17-8-9-18(16(2)13-17)21(3)26(4,24)25/h8-9,13,15H,5-7,10-12,14H2,1-4H3,(H,20,23)/t15-/m1/s1. The van der Waals surface area contributed by atoms with Crippen LogP contribution in [0, 0.1) is 12.8 Å². The monoisotopic (exact) mass is 381 g/mol. The zero-order chi connectivity index (χ0) is 19.3. The normalized spacial score (nSPS) is 18.5. The number of amides is 1. The van der Waals surface area contributed by atoms with Gasteiger partial charge in [-0.2, -0.15) is 0 Å². The number of nitrogens with one attached hydrogen (secondary N) is 1. The first-order chi connectivity index (χ1) is 12.2. The molecule has 1 atom stereocenters. The van der Waals surface area contributed by atoms with Crippen LogP contribution in [0.15, 0.2) is 18.2 Å². The predicted octanol–water partition coefficient (Wildman–Crippen LogP) is 2.24. The Morgan fingerprint density at radius 3 is 2.73 bits per heavy atom. The van der Waals surface area contributed by atoms with E-state index in [1.54, 1.807) is 18.2 Å². The number of likely N-dealkylation sites (tertiary alicyclic amines) is 1. The summed E-state index contributed by atoms with van der Waals surface area (Å²) in [5.41, 5.74) is 1.90. The molecule has 0 aliphatic carbocycles. The summed E-state index contributed by atoms with van der Waals surface area (Å²) in [6.07, 6.45) is 4.68. The Hall–Kier alpha value is -1.60. The summed E-state index contributed by atoms with van der Waals surface area (Å²) in [7, 11) is -1.80. The molecule has 146 valence electrons. The minimum absolute atomic E-state index is 0.117. The number of carbonyl (C=O) groups is 1. The lowest BCUT2D eigenvalue weighted by molar-refractivity contribution is 0.0950. The van der Waals surface area contributed by atoms with Crippen LogP contribution in [-0.2, 0) is 10.0 Å². The zero-order valence-electron chi connectivity index (χ0n) is 16.3. The third kappa shape index (κ3) is 5.71. The quantitative estimate of drug-likeness (QED) is 0.736. The average molecular weight is 382 g/mol. The molecule has 0 aromatic heterocycles. The fourth-order valence-electron chi connectivity index (χ4n) is 3.43. The van der Waals surface area contributed by atoms with Gasteiger partial charge in [-0.3, -0.25) is 9.10 Å². The number of sulfonamides is 1. The lowest BCUT2D eigenvalue weighted by atomic mass is 10.0. The molecule has 1 N–H and O–H groups in total. The number of nitrogens with zero attached hydrogens (tertiary/aromatic N) is 2. The second-order valence-electron chi connectivity index (χ2n) is 7.39. The maximum Gasteiger partial charge on any atom is 0.251 e. The van der Waals surface area contributed by atoms with Gasteiger partial charge in [-0.05, 0) is 69.0 Å². The Morgan fingerprint density at radius 1 is 1.38 bits per heavy atom. The van der Waals surface area contributed by atoms with E-state index in [2.05, 4.69) is 17.1 Å². The van der Waals surface area contributed by atoms with Gasteiger partial charge in [0.15, 0.2) is 0 Å². The van der Waals surface area contributed by atoms with Crippen LogP contribution in [0.2, 0.25) is 0 Å². The summed E-state index contributed by atoms with van der Waals surface area (Å²) in [4.78, 5) is 14.8. The molecular formula is C19H31N3O3S. The number of piperidine rings is 1. The molecule has 2 rings (SSSR count). The molecule has 1 fully saturated rings. The van der Waals surface area contributed by atoms with E-state index in [4.69, 9.17) is 0 Å². The molecule has 6 nitrogen and oxygen atoms in total. The van der Waals surface area contributed by atoms with Gasteiger partial charge in [0.2, 0.25) is 10.0 Å². The number of hydrogen-bond donors (Lipinski definition) is 1. The number of aryl methyl sites for hydroxylation is 1. The van der Waals surface area contributed by atoms with Crippen LogP contribution in [0.3, 0.4) is 0 Å². The number of anilines is 1. The van der Waals surface area contributed by atoms with Crippen molar-refractivity contribution in [2.24, 2.45) is 5.92 Å². The van der Waals surface area contributed by atoms with Crippen LogP contribution in [0.4, 0.5) is 5.69 Å². The van der Waals surface area contributed by atoms with Crippen molar-refractivity contribution in [1.29, 1.82) is 0 Å². The lowest BCUT2D eigenvalue weighted by Crippen LogP contribution is -2.36. The highest BCUT2D eigenvalue weighted by molar-refractivity contribution is 7.92. The van der Waals surface area contributed by atoms with Crippen molar-refractivity contribution >= 4 is 21.6 Å². The van der Waals surface area contributed by atoms with Crippen LogP contribution >= 0.6 is 0 Å². The SMILES string of the molecule is Cc1cc(C(=O)NCCCN2CCC[C@@H](C)C2)ccc1N(C)S(C)(=O)=O. The molecule has 1 amide bonds. The molecule has 0 unspecified atom stereocenters. The van der Waals surface area contributed by atoms with Crippen molar-refractivity contribution in [3.05, 3.63) is 29.3 Å².